The average molecular weight is 242 g/mol. The van der Waals surface area contributed by atoms with Crippen molar-refractivity contribution in [3.63, 3.8) is 0 Å². The highest BCUT2D eigenvalue weighted by atomic mass is 31.2. The van der Waals surface area contributed by atoms with Crippen molar-refractivity contribution in [1.29, 1.82) is 0 Å². The second-order valence-corrected chi connectivity index (χ2v) is 4.27. The van der Waals surface area contributed by atoms with Crippen molar-refractivity contribution in [2.24, 2.45) is 0 Å². The van der Waals surface area contributed by atoms with Crippen molar-refractivity contribution in [2.75, 3.05) is 20.3 Å². The Labute approximate surface area is 85.5 Å². The molecule has 1 atom stereocenters. The second kappa shape index (κ2) is 6.28. The first-order valence-corrected chi connectivity index (χ1v) is 5.55. The van der Waals surface area contributed by atoms with Gasteiger partial charge >= 0.3 is 13.8 Å². The van der Waals surface area contributed by atoms with E-state index in [1.165, 1.54) is 0 Å². The predicted octanol–water partition coefficient (Wildman–Crippen LogP) is 1.50. The van der Waals surface area contributed by atoms with E-state index in [0.29, 0.717) is 0 Å². The molecule has 2 N–H and O–H groups in total. The van der Waals surface area contributed by atoms with Crippen LogP contribution in [0.1, 0.15) is 0 Å². The van der Waals surface area contributed by atoms with E-state index in [0.717, 1.165) is 6.66 Å². The van der Waals surface area contributed by atoms with Gasteiger partial charge in [-0.15, -0.1) is 0 Å². The third-order valence-corrected chi connectivity index (χ3v) is 2.13. The fraction of sp³-hybridized carbons (Fsp3) is 0.500. The van der Waals surface area contributed by atoms with E-state index in [1.807, 2.05) is 0 Å². The van der Waals surface area contributed by atoms with Gasteiger partial charge in [0.1, 0.15) is 0 Å². The maximum Gasteiger partial charge on any atom is 0.507 e. The number of rotatable bonds is 7. The van der Waals surface area contributed by atoms with Crippen molar-refractivity contribution < 1.29 is 38.1 Å². The summed E-state index contributed by atoms with van der Waals surface area (Å²) in [5, 5.41) is 16.5. The summed E-state index contributed by atoms with van der Waals surface area (Å²) in [5.74, 6) is -0.600. The van der Waals surface area contributed by atoms with E-state index < -0.39 is 33.3 Å². The average Bonchev–Trinajstić information content (AvgIpc) is 2.01. The van der Waals surface area contributed by atoms with Crippen molar-refractivity contribution in [1.82, 2.24) is 0 Å². The normalized spacial score (nSPS) is 13.9. The Morgan fingerprint density at radius 1 is 1.27 bits per heavy atom. The molecule has 0 bridgehead atoms. The summed E-state index contributed by atoms with van der Waals surface area (Å²) in [5.41, 5.74) is 0. The maximum atomic E-state index is 11.3. The summed E-state index contributed by atoms with van der Waals surface area (Å²) < 4.78 is 28.5. The fourth-order valence-electron chi connectivity index (χ4n) is 0.400. The number of hydrogen-bond donors (Lipinski definition) is 2. The van der Waals surface area contributed by atoms with Crippen LogP contribution in [0.5, 0.6) is 0 Å². The Balaban J connectivity index is 3.72. The molecule has 0 aromatic rings. The van der Waals surface area contributed by atoms with Crippen LogP contribution in [0, 0.1) is 0 Å². The first-order valence-electron chi connectivity index (χ1n) is 3.56. The van der Waals surface area contributed by atoms with Gasteiger partial charge in [0.25, 0.3) is 5.95 Å². The molecule has 0 saturated carbocycles. The van der Waals surface area contributed by atoms with Gasteiger partial charge in [-0.05, 0) is 6.58 Å². The van der Waals surface area contributed by atoms with E-state index in [1.54, 1.807) is 0 Å². The van der Waals surface area contributed by atoms with Crippen LogP contribution in [0.4, 0.5) is 4.79 Å². The van der Waals surface area contributed by atoms with Crippen LogP contribution in [-0.2, 0) is 23.1 Å². The molecule has 0 aromatic carbocycles. The Morgan fingerprint density at radius 2 is 1.73 bits per heavy atom. The van der Waals surface area contributed by atoms with Gasteiger partial charge in [-0.3, -0.25) is 13.6 Å². The van der Waals surface area contributed by atoms with Gasteiger partial charge in [-0.2, -0.15) is 0 Å². The van der Waals surface area contributed by atoms with E-state index in [4.69, 9.17) is 10.2 Å². The van der Waals surface area contributed by atoms with Gasteiger partial charge in [0, 0.05) is 6.66 Å². The topological polar surface area (TPSA) is 112 Å². The van der Waals surface area contributed by atoms with Crippen molar-refractivity contribution in [3.8, 4) is 0 Å². The summed E-state index contributed by atoms with van der Waals surface area (Å²) in [4.78, 5) is 9.89. The number of hydrogen-bond acceptors (Lipinski definition) is 7. The molecule has 0 heterocycles. The molecule has 0 amide bonds. The third kappa shape index (κ3) is 9.07. The van der Waals surface area contributed by atoms with E-state index in [2.05, 4.69) is 25.1 Å². The minimum absolute atomic E-state index is 0.532. The van der Waals surface area contributed by atoms with Crippen LogP contribution >= 0.6 is 7.60 Å². The molecular formula is C6H11O8P. The van der Waals surface area contributed by atoms with Gasteiger partial charge in [-0.25, -0.2) is 4.79 Å². The Bertz CT molecular complexity index is 250. The van der Waals surface area contributed by atoms with Gasteiger partial charge in [0.2, 0.25) is 13.6 Å². The predicted molar refractivity (Wildman–Crippen MR) is 47.4 cm³/mol. The summed E-state index contributed by atoms with van der Waals surface area (Å²) in [6, 6.07) is 0. The molecule has 0 fully saturated rings. The lowest BCUT2D eigenvalue weighted by atomic mass is 11.0. The number of carboxylic acid groups (broad SMARTS) is 1. The van der Waals surface area contributed by atoms with Gasteiger partial charge in [0.15, 0.2) is 0 Å². The van der Waals surface area contributed by atoms with Crippen molar-refractivity contribution >= 4 is 13.8 Å². The van der Waals surface area contributed by atoms with Crippen LogP contribution in [0.25, 0.3) is 0 Å². The molecule has 0 spiro atoms. The molecule has 9 heteroatoms. The zero-order valence-corrected chi connectivity index (χ0v) is 8.81. The van der Waals surface area contributed by atoms with Crippen LogP contribution in [-0.4, -0.2) is 36.6 Å². The molecule has 1 unspecified atom stereocenters. The highest BCUT2D eigenvalue weighted by Gasteiger charge is 2.18. The van der Waals surface area contributed by atoms with Crippen molar-refractivity contribution in [2.45, 2.75) is 0 Å². The number of carbonyl (C=O) groups is 1. The molecule has 0 saturated heterocycles. The second-order valence-electron chi connectivity index (χ2n) is 2.21. The third-order valence-electron chi connectivity index (χ3n) is 0.982. The molecule has 15 heavy (non-hydrogen) atoms. The molecule has 0 aliphatic heterocycles. The fourth-order valence-corrected chi connectivity index (χ4v) is 0.963. The maximum absolute atomic E-state index is 11.3. The lowest BCUT2D eigenvalue weighted by Crippen LogP contribution is -2.06. The van der Waals surface area contributed by atoms with Crippen LogP contribution in [0.3, 0.4) is 0 Å². The van der Waals surface area contributed by atoms with Gasteiger partial charge in [-0.1, -0.05) is 0 Å². The Morgan fingerprint density at radius 3 is 2.13 bits per heavy atom. The number of aliphatic hydroxyl groups is 1. The minimum atomic E-state index is -3.47. The standard InChI is InChI=1S/C6H11O8P/c1-5(7)11-3-13-15(2,10)14-4-12-6(8)9/h7H,1,3-4H2,2H3,(H,8,9). The molecule has 88 valence electrons. The summed E-state index contributed by atoms with van der Waals surface area (Å²) in [6.45, 7) is 2.81. The zero-order valence-electron chi connectivity index (χ0n) is 7.91. The highest BCUT2D eigenvalue weighted by molar-refractivity contribution is 7.52. The molecule has 0 radical (unpaired) electrons. The van der Waals surface area contributed by atoms with Gasteiger partial charge in [0.05, 0.1) is 0 Å². The first kappa shape index (κ1) is 13.8. The van der Waals surface area contributed by atoms with Crippen LogP contribution in [0.15, 0.2) is 12.5 Å². The smallest absolute Gasteiger partial charge is 0.481 e. The summed E-state index contributed by atoms with van der Waals surface area (Å²) in [7, 11) is -3.47. The van der Waals surface area contributed by atoms with Gasteiger partial charge < -0.3 is 19.7 Å². The molecule has 0 aromatic heterocycles. The summed E-state index contributed by atoms with van der Waals surface area (Å²) in [6.07, 6.45) is -1.56. The quantitative estimate of drug-likeness (QED) is 0.299. The molecule has 0 aliphatic rings. The number of ether oxygens (including phenoxy) is 2. The van der Waals surface area contributed by atoms with E-state index in [-0.39, 0.29) is 0 Å². The lowest BCUT2D eigenvalue weighted by molar-refractivity contribution is -0.0188. The van der Waals surface area contributed by atoms with Crippen molar-refractivity contribution in [3.05, 3.63) is 12.5 Å². The molecule has 8 nitrogen and oxygen atoms in total. The molecule has 0 rings (SSSR count). The lowest BCUT2D eigenvalue weighted by Gasteiger charge is -2.13. The first-order chi connectivity index (χ1) is 6.83. The Hall–Kier alpha value is -1.24. The SMILES string of the molecule is C=C(O)OCOP(C)(=O)OCOC(=O)O. The summed E-state index contributed by atoms with van der Waals surface area (Å²) >= 11 is 0. The molecular weight excluding hydrogens is 231 g/mol. The largest absolute Gasteiger partial charge is 0.507 e. The monoisotopic (exact) mass is 242 g/mol. The zero-order chi connectivity index (χ0) is 11.9. The van der Waals surface area contributed by atoms with E-state index in [9.17, 15) is 9.36 Å². The molecule has 0 aliphatic carbocycles. The van der Waals surface area contributed by atoms with E-state index >= 15 is 0 Å². The Kier molecular flexibility index (Phi) is 5.76. The minimum Gasteiger partial charge on any atom is -0.481 e. The highest BCUT2D eigenvalue weighted by Crippen LogP contribution is 2.43. The number of aliphatic hydroxyl groups excluding tert-OH is 1. The van der Waals surface area contributed by atoms with Crippen LogP contribution < -0.4 is 0 Å². The van der Waals surface area contributed by atoms with Crippen LogP contribution in [0.2, 0.25) is 0 Å².